The number of aromatic nitrogens is 4. The number of allylic oxidation sites excluding steroid dienone is 1. The van der Waals surface area contributed by atoms with Crippen LogP contribution >= 0.6 is 0 Å². The van der Waals surface area contributed by atoms with E-state index in [1.807, 2.05) is 36.3 Å². The summed E-state index contributed by atoms with van der Waals surface area (Å²) >= 11 is 0. The van der Waals surface area contributed by atoms with E-state index in [0.29, 0.717) is 37.5 Å². The number of nitrogens with one attached hydrogen (secondary N) is 1. The first-order valence-corrected chi connectivity index (χ1v) is 14.3. The SMILES string of the molecule is C=C(C)c1ccc(N2CCN(C(=O)c3cncc(OCC4c5ccccc5CN4c4cn[nH]c(=O)c4C(F)(F)F)c3)CC2)nc1. The lowest BCUT2D eigenvalue weighted by Gasteiger charge is -2.35. The number of pyridine rings is 2. The lowest BCUT2D eigenvalue weighted by atomic mass is 10.1. The van der Waals surface area contributed by atoms with Gasteiger partial charge in [-0.3, -0.25) is 14.6 Å². The molecule has 2 aliphatic rings. The molecular formula is C32H30F3N7O3. The summed E-state index contributed by atoms with van der Waals surface area (Å²) in [4.78, 5) is 39.6. The van der Waals surface area contributed by atoms with Crippen molar-refractivity contribution >= 4 is 23.0 Å². The second kappa shape index (κ2) is 12.1. The monoisotopic (exact) mass is 617 g/mol. The van der Waals surface area contributed by atoms with Crippen molar-refractivity contribution in [2.45, 2.75) is 25.7 Å². The van der Waals surface area contributed by atoms with Crippen molar-refractivity contribution in [3.05, 3.63) is 112 Å². The van der Waals surface area contributed by atoms with Crippen LogP contribution in [-0.4, -0.2) is 63.8 Å². The van der Waals surface area contributed by atoms with Gasteiger partial charge in [0.15, 0.2) is 0 Å². The number of H-pyrrole nitrogens is 1. The first-order chi connectivity index (χ1) is 21.6. The maximum Gasteiger partial charge on any atom is 0.423 e. The molecule has 0 saturated carbocycles. The Bertz CT molecular complexity index is 1780. The van der Waals surface area contributed by atoms with Crippen LogP contribution in [0.15, 0.2) is 78.6 Å². The topological polar surface area (TPSA) is 108 Å². The third kappa shape index (κ3) is 6.10. The van der Waals surface area contributed by atoms with Gasteiger partial charge >= 0.3 is 6.18 Å². The molecule has 0 aliphatic carbocycles. The molecule has 3 aromatic heterocycles. The van der Waals surface area contributed by atoms with Gasteiger partial charge in [0.1, 0.15) is 23.7 Å². The molecule has 0 spiro atoms. The van der Waals surface area contributed by atoms with Gasteiger partial charge in [-0.05, 0) is 47.4 Å². The fourth-order valence-corrected chi connectivity index (χ4v) is 5.71. The fraction of sp³-hybridized carbons (Fsp3) is 0.281. The number of rotatable bonds is 7. The number of piperazine rings is 1. The van der Waals surface area contributed by atoms with Gasteiger partial charge in [0.2, 0.25) is 0 Å². The minimum absolute atomic E-state index is 0.0593. The Morgan fingerprint density at radius 2 is 1.82 bits per heavy atom. The zero-order valence-corrected chi connectivity index (χ0v) is 24.4. The number of ether oxygens (including phenoxy) is 1. The van der Waals surface area contributed by atoms with E-state index in [0.717, 1.165) is 34.3 Å². The normalized spacial score (nSPS) is 16.4. The lowest BCUT2D eigenvalue weighted by Crippen LogP contribution is -2.49. The second-order valence-electron chi connectivity index (χ2n) is 11.0. The van der Waals surface area contributed by atoms with E-state index < -0.39 is 23.3 Å². The number of alkyl halides is 3. The Balaban J connectivity index is 1.15. The molecule has 10 nitrogen and oxygen atoms in total. The highest BCUT2D eigenvalue weighted by Crippen LogP contribution is 2.42. The summed E-state index contributed by atoms with van der Waals surface area (Å²) in [6.45, 7) is 8.15. The van der Waals surface area contributed by atoms with E-state index in [1.54, 1.807) is 29.3 Å². The Hall–Kier alpha value is -5.20. The van der Waals surface area contributed by atoms with E-state index in [4.69, 9.17) is 4.74 Å². The number of fused-ring (bicyclic) bond motifs is 1. The van der Waals surface area contributed by atoms with E-state index in [9.17, 15) is 22.8 Å². The van der Waals surface area contributed by atoms with Crippen LogP contribution in [0, 0.1) is 0 Å². The number of amides is 1. The smallest absolute Gasteiger partial charge is 0.423 e. The third-order valence-corrected chi connectivity index (χ3v) is 8.06. The zero-order chi connectivity index (χ0) is 31.7. The number of hydrogen-bond donors (Lipinski definition) is 1. The van der Waals surface area contributed by atoms with E-state index in [2.05, 4.69) is 26.5 Å². The predicted molar refractivity (Wildman–Crippen MR) is 162 cm³/mol. The molecule has 1 unspecified atom stereocenters. The fourth-order valence-electron chi connectivity index (χ4n) is 5.71. The van der Waals surface area contributed by atoms with Gasteiger partial charge < -0.3 is 19.4 Å². The molecule has 0 radical (unpaired) electrons. The Morgan fingerprint density at radius 3 is 2.53 bits per heavy atom. The molecule has 45 heavy (non-hydrogen) atoms. The Morgan fingerprint density at radius 1 is 1.04 bits per heavy atom. The first-order valence-electron chi connectivity index (χ1n) is 14.3. The van der Waals surface area contributed by atoms with E-state index >= 15 is 0 Å². The summed E-state index contributed by atoms with van der Waals surface area (Å²) in [5.41, 5.74) is 0.871. The van der Waals surface area contributed by atoms with Crippen LogP contribution in [0.5, 0.6) is 5.75 Å². The van der Waals surface area contributed by atoms with Gasteiger partial charge in [0, 0.05) is 45.1 Å². The van der Waals surface area contributed by atoms with Crippen molar-refractivity contribution in [2.24, 2.45) is 0 Å². The number of anilines is 2. The molecule has 4 aromatic rings. The molecule has 2 aliphatic heterocycles. The average molecular weight is 618 g/mol. The largest absolute Gasteiger partial charge is 0.489 e. The van der Waals surface area contributed by atoms with Gasteiger partial charge in [-0.15, -0.1) is 0 Å². The molecule has 5 heterocycles. The highest BCUT2D eigenvalue weighted by Gasteiger charge is 2.42. The number of hydrogen-bond acceptors (Lipinski definition) is 8. The molecule has 1 N–H and O–H groups in total. The van der Waals surface area contributed by atoms with Crippen molar-refractivity contribution in [3.63, 3.8) is 0 Å². The molecule has 0 bridgehead atoms. The molecule has 1 saturated heterocycles. The molecule has 1 fully saturated rings. The number of carbonyl (C=O) groups excluding carboxylic acids is 1. The predicted octanol–water partition coefficient (Wildman–Crippen LogP) is 4.71. The van der Waals surface area contributed by atoms with Gasteiger partial charge in [0.25, 0.3) is 11.5 Å². The Kier molecular flexibility index (Phi) is 8.00. The number of carbonyl (C=O) groups is 1. The molecule has 1 amide bonds. The molecular weight excluding hydrogens is 587 g/mol. The first kappa shape index (κ1) is 29.9. The molecule has 232 valence electrons. The van der Waals surface area contributed by atoms with Gasteiger partial charge in [-0.2, -0.15) is 18.3 Å². The van der Waals surface area contributed by atoms with Crippen LogP contribution in [0.1, 0.15) is 45.6 Å². The van der Waals surface area contributed by atoms with E-state index in [1.165, 1.54) is 17.3 Å². The van der Waals surface area contributed by atoms with Gasteiger partial charge in [-0.25, -0.2) is 10.1 Å². The number of halogens is 3. The summed E-state index contributed by atoms with van der Waals surface area (Å²) in [5.74, 6) is 0.936. The van der Waals surface area contributed by atoms with Crippen molar-refractivity contribution in [2.75, 3.05) is 42.6 Å². The van der Waals surface area contributed by atoms with Crippen LogP contribution in [0.3, 0.4) is 0 Å². The quantitative estimate of drug-likeness (QED) is 0.318. The van der Waals surface area contributed by atoms with Crippen LogP contribution in [0.25, 0.3) is 5.57 Å². The van der Waals surface area contributed by atoms with Crippen LogP contribution < -0.4 is 20.1 Å². The summed E-state index contributed by atoms with van der Waals surface area (Å²) < 4.78 is 47.8. The van der Waals surface area contributed by atoms with Gasteiger partial charge in [0.05, 0.1) is 29.7 Å². The van der Waals surface area contributed by atoms with Crippen LogP contribution in [0.4, 0.5) is 24.7 Å². The van der Waals surface area contributed by atoms with Crippen molar-refractivity contribution < 1.29 is 22.7 Å². The standard InChI is InChI=1S/C32H30F3N7O3/c1-20(2)21-7-8-28(37-15-21)40-9-11-41(12-10-40)31(44)23-13-24(16-36-14-23)45-19-27-25-6-4-3-5-22(25)18-42(27)26-17-38-39-30(43)29(26)32(33,34)35/h3-8,13-17,27H,1,9-12,18-19H2,2H3,(H,39,43). The molecule has 1 aromatic carbocycles. The summed E-state index contributed by atoms with van der Waals surface area (Å²) in [6.07, 6.45) is 0.838. The molecule has 1 atom stereocenters. The van der Waals surface area contributed by atoms with Crippen LogP contribution in [0.2, 0.25) is 0 Å². The summed E-state index contributed by atoms with van der Waals surface area (Å²) in [5, 5.41) is 5.53. The van der Waals surface area contributed by atoms with Crippen molar-refractivity contribution in [3.8, 4) is 5.75 Å². The number of benzene rings is 1. The zero-order valence-electron chi connectivity index (χ0n) is 24.4. The minimum Gasteiger partial charge on any atom is -0.489 e. The number of nitrogens with zero attached hydrogens (tertiary/aromatic N) is 6. The maximum absolute atomic E-state index is 13.9. The maximum atomic E-state index is 13.9. The highest BCUT2D eigenvalue weighted by atomic mass is 19.4. The Labute approximate surface area is 256 Å². The summed E-state index contributed by atoms with van der Waals surface area (Å²) in [6, 6.07) is 12.1. The third-order valence-electron chi connectivity index (χ3n) is 8.06. The highest BCUT2D eigenvalue weighted by molar-refractivity contribution is 5.94. The van der Waals surface area contributed by atoms with E-state index in [-0.39, 0.29) is 24.7 Å². The lowest BCUT2D eigenvalue weighted by molar-refractivity contribution is -0.138. The molecule has 6 rings (SSSR count). The van der Waals surface area contributed by atoms with Gasteiger partial charge in [-0.1, -0.05) is 30.8 Å². The summed E-state index contributed by atoms with van der Waals surface area (Å²) in [7, 11) is 0. The van der Waals surface area contributed by atoms with Crippen molar-refractivity contribution in [1.82, 2.24) is 25.1 Å². The molecule has 13 heteroatoms. The average Bonchev–Trinajstić information content (AvgIpc) is 3.41. The van der Waals surface area contributed by atoms with Crippen LogP contribution in [-0.2, 0) is 12.7 Å². The second-order valence-corrected chi connectivity index (χ2v) is 11.0. The number of aromatic amines is 1. The minimum atomic E-state index is -4.89. The van der Waals surface area contributed by atoms with Crippen molar-refractivity contribution in [1.29, 1.82) is 0 Å².